The summed E-state index contributed by atoms with van der Waals surface area (Å²) in [5.41, 5.74) is -1.98. The minimum Gasteiger partial charge on any atom is -0.420 e. The van der Waals surface area contributed by atoms with E-state index in [9.17, 15) is 31.5 Å². The molecule has 0 aromatic heterocycles. The second kappa shape index (κ2) is 11.4. The van der Waals surface area contributed by atoms with Gasteiger partial charge in [0.1, 0.15) is 5.78 Å². The van der Waals surface area contributed by atoms with E-state index in [0.717, 1.165) is 0 Å². The van der Waals surface area contributed by atoms with Gasteiger partial charge in [-0.05, 0) is 47.5 Å². The molecule has 0 saturated carbocycles. The molecule has 0 aliphatic heterocycles. The Bertz CT molecular complexity index is 731. The topological polar surface area (TPSA) is 52.6 Å². The lowest BCUT2D eigenvalue weighted by molar-refractivity contribution is -0.146. The first kappa shape index (κ1) is 28.0. The molecule has 0 bridgehead atoms. The Morgan fingerprint density at radius 1 is 0.800 bits per heavy atom. The van der Waals surface area contributed by atoms with Crippen molar-refractivity contribution in [3.05, 3.63) is 29.1 Å². The first-order chi connectivity index (χ1) is 13.7. The van der Waals surface area contributed by atoms with Gasteiger partial charge in [-0.1, -0.05) is 13.8 Å². The van der Waals surface area contributed by atoms with Gasteiger partial charge in [0.15, 0.2) is 0 Å². The molecule has 0 atom stereocenters. The van der Waals surface area contributed by atoms with Crippen LogP contribution < -0.4 is 4.74 Å². The Hall–Kier alpha value is -2.03. The molecule has 4 nitrogen and oxygen atoms in total. The Morgan fingerprint density at radius 2 is 1.23 bits per heavy atom. The molecule has 0 spiro atoms. The third kappa shape index (κ3) is 7.66. The van der Waals surface area contributed by atoms with Gasteiger partial charge in [0.2, 0.25) is 34.8 Å². The van der Waals surface area contributed by atoms with Crippen molar-refractivity contribution in [2.24, 2.45) is 5.41 Å². The van der Waals surface area contributed by atoms with Gasteiger partial charge in [0.25, 0.3) is 0 Å². The fourth-order valence-electron chi connectivity index (χ4n) is 2.14. The SMILES string of the molecule is CC.CC(=O)CCC(C)(C)OCCC(C)(C)C(=O)Oc1c(F)c(F)c(F)c(F)c1F. The summed E-state index contributed by atoms with van der Waals surface area (Å²) in [5.74, 6) is -14.0. The van der Waals surface area contributed by atoms with E-state index < -0.39 is 51.8 Å². The largest absolute Gasteiger partial charge is 0.420 e. The van der Waals surface area contributed by atoms with Crippen LogP contribution in [0, 0.1) is 34.5 Å². The van der Waals surface area contributed by atoms with Gasteiger partial charge in [-0.2, -0.15) is 8.78 Å². The predicted octanol–water partition coefficient (Wildman–Crippen LogP) is 5.89. The van der Waals surface area contributed by atoms with Gasteiger partial charge in [-0.25, -0.2) is 13.2 Å². The van der Waals surface area contributed by atoms with E-state index in [2.05, 4.69) is 4.74 Å². The fraction of sp³-hybridized carbons (Fsp3) is 0.619. The number of Topliss-reactive ketones (excluding diaryl/α,β-unsaturated/α-hetero) is 1. The van der Waals surface area contributed by atoms with Crippen LogP contribution in [0.5, 0.6) is 5.75 Å². The minimum atomic E-state index is -2.34. The zero-order valence-electron chi connectivity index (χ0n) is 18.4. The van der Waals surface area contributed by atoms with Crippen LogP contribution in [0.2, 0.25) is 0 Å². The molecule has 0 fully saturated rings. The van der Waals surface area contributed by atoms with E-state index in [-0.39, 0.29) is 18.8 Å². The molecule has 0 radical (unpaired) electrons. The van der Waals surface area contributed by atoms with Crippen LogP contribution in [0.4, 0.5) is 22.0 Å². The van der Waals surface area contributed by atoms with Crippen molar-refractivity contribution in [3.63, 3.8) is 0 Å². The molecule has 1 aromatic rings. The number of rotatable bonds is 9. The van der Waals surface area contributed by atoms with Crippen molar-refractivity contribution in [2.75, 3.05) is 6.61 Å². The van der Waals surface area contributed by atoms with Crippen molar-refractivity contribution in [2.45, 2.75) is 73.3 Å². The third-order valence-corrected chi connectivity index (χ3v) is 4.22. The number of hydrogen-bond donors (Lipinski definition) is 0. The average molecular weight is 440 g/mol. The molecule has 0 aliphatic carbocycles. The van der Waals surface area contributed by atoms with Gasteiger partial charge in [0.05, 0.1) is 11.0 Å². The molecule has 0 unspecified atom stereocenters. The number of hydrogen-bond acceptors (Lipinski definition) is 4. The maximum atomic E-state index is 13.7. The highest BCUT2D eigenvalue weighted by Gasteiger charge is 2.35. The summed E-state index contributed by atoms with van der Waals surface area (Å²) < 4.78 is 76.9. The molecule has 0 saturated heterocycles. The van der Waals surface area contributed by atoms with Crippen molar-refractivity contribution < 1.29 is 41.0 Å². The lowest BCUT2D eigenvalue weighted by Crippen LogP contribution is -2.33. The van der Waals surface area contributed by atoms with Crippen LogP contribution in [0.15, 0.2) is 0 Å². The predicted molar refractivity (Wildman–Crippen MR) is 102 cm³/mol. The van der Waals surface area contributed by atoms with Gasteiger partial charge in [-0.15, -0.1) is 0 Å². The summed E-state index contributed by atoms with van der Waals surface area (Å²) in [5, 5.41) is 0. The van der Waals surface area contributed by atoms with Crippen LogP contribution in [0.1, 0.15) is 67.7 Å². The van der Waals surface area contributed by atoms with Crippen molar-refractivity contribution >= 4 is 11.8 Å². The summed E-state index contributed by atoms with van der Waals surface area (Å²) in [6.45, 7) is 11.8. The second-order valence-corrected chi connectivity index (χ2v) is 7.73. The lowest BCUT2D eigenvalue weighted by Gasteiger charge is -2.28. The van der Waals surface area contributed by atoms with Gasteiger partial charge in [0, 0.05) is 13.0 Å². The van der Waals surface area contributed by atoms with Crippen molar-refractivity contribution in [3.8, 4) is 5.75 Å². The minimum absolute atomic E-state index is 0.00315. The molecule has 0 amide bonds. The summed E-state index contributed by atoms with van der Waals surface area (Å²) in [7, 11) is 0. The molecule has 0 N–H and O–H groups in total. The second-order valence-electron chi connectivity index (χ2n) is 7.73. The summed E-state index contributed by atoms with van der Waals surface area (Å²) in [4.78, 5) is 23.3. The number of carbonyl (C=O) groups excluding carboxylic acids is 2. The quantitative estimate of drug-likeness (QED) is 0.158. The number of esters is 1. The van der Waals surface area contributed by atoms with E-state index in [1.165, 1.54) is 20.8 Å². The van der Waals surface area contributed by atoms with E-state index >= 15 is 0 Å². The maximum absolute atomic E-state index is 13.7. The Balaban J connectivity index is 0.00000407. The number of ketones is 1. The maximum Gasteiger partial charge on any atom is 0.317 e. The number of halogens is 5. The lowest BCUT2D eigenvalue weighted by atomic mass is 9.89. The van der Waals surface area contributed by atoms with Crippen LogP contribution in [-0.2, 0) is 14.3 Å². The zero-order chi connectivity index (χ0) is 23.9. The summed E-state index contributed by atoms with van der Waals surface area (Å²) in [6, 6.07) is 0. The molecule has 172 valence electrons. The standard InChI is InChI=1S/C19H23F5O4.C2H6/c1-10(25)6-7-19(4,5)27-9-8-18(2,3)17(26)28-16-14(23)12(21)11(20)13(22)15(16)24;1-2/h6-9H2,1-5H3;1-2H3. The number of ether oxygens (including phenoxy) is 2. The van der Waals surface area contributed by atoms with Gasteiger partial charge in [-0.3, -0.25) is 4.79 Å². The van der Waals surface area contributed by atoms with E-state index in [0.29, 0.717) is 12.8 Å². The highest BCUT2D eigenvalue weighted by atomic mass is 19.2. The number of carbonyl (C=O) groups is 2. The average Bonchev–Trinajstić information content (AvgIpc) is 2.67. The molecule has 1 rings (SSSR count). The van der Waals surface area contributed by atoms with E-state index in [1.807, 2.05) is 13.8 Å². The molecule has 0 aliphatic rings. The smallest absolute Gasteiger partial charge is 0.317 e. The Morgan fingerprint density at radius 3 is 1.67 bits per heavy atom. The summed E-state index contributed by atoms with van der Waals surface area (Å²) in [6.07, 6.45) is 0.821. The van der Waals surface area contributed by atoms with Crippen LogP contribution >= 0.6 is 0 Å². The highest BCUT2D eigenvalue weighted by Crippen LogP contribution is 2.32. The normalized spacial score (nSPS) is 11.6. The van der Waals surface area contributed by atoms with E-state index in [1.54, 1.807) is 13.8 Å². The first-order valence-corrected chi connectivity index (χ1v) is 9.56. The van der Waals surface area contributed by atoms with Gasteiger partial charge >= 0.3 is 5.97 Å². The Kier molecular flexibility index (Phi) is 10.6. The van der Waals surface area contributed by atoms with Crippen LogP contribution in [0.25, 0.3) is 0 Å². The van der Waals surface area contributed by atoms with Gasteiger partial charge < -0.3 is 14.3 Å². The highest BCUT2D eigenvalue weighted by molar-refractivity contribution is 5.78. The monoisotopic (exact) mass is 440 g/mol. The van der Waals surface area contributed by atoms with Crippen LogP contribution in [0.3, 0.4) is 0 Å². The molecule has 30 heavy (non-hydrogen) atoms. The van der Waals surface area contributed by atoms with Crippen molar-refractivity contribution in [1.82, 2.24) is 0 Å². The first-order valence-electron chi connectivity index (χ1n) is 9.56. The number of benzene rings is 1. The summed E-state index contributed by atoms with van der Waals surface area (Å²) >= 11 is 0. The fourth-order valence-corrected chi connectivity index (χ4v) is 2.14. The Labute approximate surface area is 173 Å². The molecular weight excluding hydrogens is 411 g/mol. The zero-order valence-corrected chi connectivity index (χ0v) is 18.4. The molecular formula is C21H29F5O4. The van der Waals surface area contributed by atoms with Crippen LogP contribution in [-0.4, -0.2) is 24.0 Å². The van der Waals surface area contributed by atoms with E-state index in [4.69, 9.17) is 4.74 Å². The van der Waals surface area contributed by atoms with Crippen molar-refractivity contribution in [1.29, 1.82) is 0 Å². The molecule has 1 aromatic carbocycles. The molecule has 9 heteroatoms. The molecule has 0 heterocycles. The third-order valence-electron chi connectivity index (χ3n) is 4.22.